The minimum Gasteiger partial charge on any atom is -0.391 e. The van der Waals surface area contributed by atoms with Gasteiger partial charge in [-0.25, -0.2) is 0 Å². The van der Waals surface area contributed by atoms with Crippen LogP contribution in [0.5, 0.6) is 0 Å². The third kappa shape index (κ3) is 2.98. The third-order valence-corrected chi connectivity index (χ3v) is 3.26. The number of pyridine rings is 1. The molecule has 1 aliphatic rings. The van der Waals surface area contributed by atoms with E-state index in [9.17, 15) is 5.11 Å². The molecule has 0 saturated carbocycles. The summed E-state index contributed by atoms with van der Waals surface area (Å²) in [6, 6.07) is 4.13. The van der Waals surface area contributed by atoms with Crippen molar-refractivity contribution >= 4 is 5.69 Å². The van der Waals surface area contributed by atoms with Gasteiger partial charge in [0.15, 0.2) is 0 Å². The van der Waals surface area contributed by atoms with Gasteiger partial charge in [-0.1, -0.05) is 0 Å². The number of β-amino-alcohol motifs (C(OH)–C–C–N with tert-alkyl or cyclic N) is 1. The molecule has 0 aromatic carbocycles. The number of aliphatic hydroxyl groups is 2. The van der Waals surface area contributed by atoms with Crippen molar-refractivity contribution in [3.05, 3.63) is 24.0 Å². The lowest BCUT2D eigenvalue weighted by Gasteiger charge is -2.28. The van der Waals surface area contributed by atoms with Gasteiger partial charge in [-0.05, 0) is 32.6 Å². The zero-order valence-corrected chi connectivity index (χ0v) is 11.0. The van der Waals surface area contributed by atoms with Crippen LogP contribution in [0.25, 0.3) is 0 Å². The first-order valence-electron chi connectivity index (χ1n) is 6.25. The molecule has 2 rings (SSSR count). The number of aliphatic hydroxyl groups excluding tert-OH is 2. The lowest BCUT2D eigenvalue weighted by Crippen LogP contribution is -2.37. The molecule has 100 valence electrons. The third-order valence-electron chi connectivity index (χ3n) is 3.26. The minimum absolute atomic E-state index is 0.0530. The van der Waals surface area contributed by atoms with Crippen LogP contribution >= 0.6 is 0 Å². The molecule has 1 fully saturated rings. The lowest BCUT2D eigenvalue weighted by molar-refractivity contribution is 0.191. The number of nitrogens with zero attached hydrogens (tertiary/aromatic N) is 3. The van der Waals surface area contributed by atoms with E-state index in [0.717, 1.165) is 18.7 Å². The summed E-state index contributed by atoms with van der Waals surface area (Å²) >= 11 is 0. The zero-order chi connectivity index (χ0) is 13.1. The van der Waals surface area contributed by atoms with E-state index in [2.05, 4.69) is 14.8 Å². The highest BCUT2D eigenvalue weighted by molar-refractivity contribution is 5.49. The van der Waals surface area contributed by atoms with Crippen molar-refractivity contribution in [2.45, 2.75) is 25.2 Å². The number of hydrogen-bond donors (Lipinski definition) is 2. The van der Waals surface area contributed by atoms with Crippen LogP contribution < -0.4 is 4.90 Å². The molecule has 2 unspecified atom stereocenters. The van der Waals surface area contributed by atoms with Gasteiger partial charge in [-0.3, -0.25) is 4.98 Å². The van der Waals surface area contributed by atoms with E-state index in [4.69, 9.17) is 5.11 Å². The molecule has 2 atom stereocenters. The number of rotatable bonds is 4. The predicted octanol–water partition coefficient (Wildman–Crippen LogP) is 0.0751. The molecule has 2 heterocycles. The number of anilines is 1. The Labute approximate surface area is 108 Å². The summed E-state index contributed by atoms with van der Waals surface area (Å²) in [6.07, 6.45) is 2.22. The van der Waals surface area contributed by atoms with E-state index in [1.165, 1.54) is 0 Å². The van der Waals surface area contributed by atoms with E-state index in [0.29, 0.717) is 18.3 Å². The second-order valence-electron chi connectivity index (χ2n) is 5.12. The molecule has 1 aromatic heterocycles. The average Bonchev–Trinajstić information content (AvgIpc) is 2.69. The highest BCUT2D eigenvalue weighted by atomic mass is 16.3. The Kier molecular flexibility index (Phi) is 4.16. The van der Waals surface area contributed by atoms with E-state index in [1.54, 1.807) is 6.20 Å². The molecule has 18 heavy (non-hydrogen) atoms. The van der Waals surface area contributed by atoms with Gasteiger partial charge in [-0.2, -0.15) is 0 Å². The lowest BCUT2D eigenvalue weighted by atomic mass is 10.2. The molecule has 1 saturated heterocycles. The SMILES string of the molecule is CN(C)CC1CC(O)CN1c1ccnc(CO)c1. The Hall–Kier alpha value is -1.17. The van der Waals surface area contributed by atoms with Gasteiger partial charge >= 0.3 is 0 Å². The van der Waals surface area contributed by atoms with Gasteiger partial charge in [0, 0.05) is 31.0 Å². The molecule has 0 spiro atoms. The van der Waals surface area contributed by atoms with Crippen molar-refractivity contribution in [2.75, 3.05) is 32.1 Å². The molecule has 1 aromatic rings. The van der Waals surface area contributed by atoms with Crippen molar-refractivity contribution in [3.8, 4) is 0 Å². The summed E-state index contributed by atoms with van der Waals surface area (Å²) in [5.41, 5.74) is 1.69. The van der Waals surface area contributed by atoms with E-state index >= 15 is 0 Å². The molecule has 5 heteroatoms. The van der Waals surface area contributed by atoms with Gasteiger partial charge in [0.05, 0.1) is 18.4 Å². The highest BCUT2D eigenvalue weighted by Crippen LogP contribution is 2.26. The summed E-state index contributed by atoms with van der Waals surface area (Å²) in [7, 11) is 4.07. The van der Waals surface area contributed by atoms with Crippen LogP contribution in [0.4, 0.5) is 5.69 Å². The first-order chi connectivity index (χ1) is 8.60. The quantitative estimate of drug-likeness (QED) is 0.793. The number of hydrogen-bond acceptors (Lipinski definition) is 5. The van der Waals surface area contributed by atoms with E-state index in [1.807, 2.05) is 26.2 Å². The van der Waals surface area contributed by atoms with E-state index in [-0.39, 0.29) is 12.7 Å². The molecule has 0 amide bonds. The monoisotopic (exact) mass is 251 g/mol. The van der Waals surface area contributed by atoms with Crippen molar-refractivity contribution in [3.63, 3.8) is 0 Å². The maximum absolute atomic E-state index is 9.85. The average molecular weight is 251 g/mol. The van der Waals surface area contributed by atoms with Gasteiger partial charge in [0.25, 0.3) is 0 Å². The molecule has 2 N–H and O–H groups in total. The molecule has 0 bridgehead atoms. The molecule has 0 aliphatic carbocycles. The van der Waals surface area contributed by atoms with Gasteiger partial charge in [-0.15, -0.1) is 0 Å². The van der Waals surface area contributed by atoms with E-state index < -0.39 is 0 Å². The second kappa shape index (κ2) is 5.65. The Bertz CT molecular complexity index is 398. The van der Waals surface area contributed by atoms with Crippen LogP contribution in [0.15, 0.2) is 18.3 Å². The van der Waals surface area contributed by atoms with Crippen LogP contribution in [0, 0.1) is 0 Å². The minimum atomic E-state index is -0.277. The number of likely N-dealkylation sites (N-methyl/N-ethyl adjacent to an activating group) is 1. The summed E-state index contributed by atoms with van der Waals surface area (Å²) in [5.74, 6) is 0. The Morgan fingerprint density at radius 2 is 2.28 bits per heavy atom. The number of aromatic nitrogens is 1. The fourth-order valence-corrected chi connectivity index (χ4v) is 2.53. The first-order valence-corrected chi connectivity index (χ1v) is 6.25. The fourth-order valence-electron chi connectivity index (χ4n) is 2.53. The predicted molar refractivity (Wildman–Crippen MR) is 70.5 cm³/mol. The van der Waals surface area contributed by atoms with Crippen molar-refractivity contribution in [1.29, 1.82) is 0 Å². The summed E-state index contributed by atoms with van der Waals surface area (Å²) < 4.78 is 0. The van der Waals surface area contributed by atoms with Crippen molar-refractivity contribution in [2.24, 2.45) is 0 Å². The summed E-state index contributed by atoms with van der Waals surface area (Å²) in [5, 5.41) is 19.0. The molecular formula is C13H21N3O2. The molecule has 0 radical (unpaired) electrons. The zero-order valence-electron chi connectivity index (χ0n) is 11.0. The van der Waals surface area contributed by atoms with Crippen molar-refractivity contribution in [1.82, 2.24) is 9.88 Å². The molecular weight excluding hydrogens is 230 g/mol. The maximum atomic E-state index is 9.85. The summed E-state index contributed by atoms with van der Waals surface area (Å²) in [4.78, 5) is 8.41. The standard InChI is InChI=1S/C13H21N3O2/c1-15(2)7-12-6-13(18)8-16(12)11-3-4-14-10(5-11)9-17/h3-5,12-13,17-18H,6-9H2,1-2H3. The Balaban J connectivity index is 2.18. The van der Waals surface area contributed by atoms with Gasteiger partial charge in [0.2, 0.25) is 0 Å². The highest BCUT2D eigenvalue weighted by Gasteiger charge is 2.31. The van der Waals surface area contributed by atoms with Crippen LogP contribution in [0.3, 0.4) is 0 Å². The van der Waals surface area contributed by atoms with Crippen LogP contribution in [0.2, 0.25) is 0 Å². The van der Waals surface area contributed by atoms with Crippen LogP contribution in [0.1, 0.15) is 12.1 Å². The van der Waals surface area contributed by atoms with Gasteiger partial charge < -0.3 is 20.0 Å². The second-order valence-corrected chi connectivity index (χ2v) is 5.12. The molecule has 1 aliphatic heterocycles. The van der Waals surface area contributed by atoms with Gasteiger partial charge in [0.1, 0.15) is 0 Å². The summed E-state index contributed by atoms with van der Waals surface area (Å²) in [6.45, 7) is 1.50. The normalized spacial score (nSPS) is 23.9. The Morgan fingerprint density at radius 1 is 1.50 bits per heavy atom. The molecule has 5 nitrogen and oxygen atoms in total. The fraction of sp³-hybridized carbons (Fsp3) is 0.615. The van der Waals surface area contributed by atoms with Crippen LogP contribution in [-0.2, 0) is 6.61 Å². The Morgan fingerprint density at radius 3 is 2.94 bits per heavy atom. The first kappa shape index (κ1) is 13.3. The maximum Gasteiger partial charge on any atom is 0.0853 e. The smallest absolute Gasteiger partial charge is 0.0853 e. The largest absolute Gasteiger partial charge is 0.391 e. The van der Waals surface area contributed by atoms with Crippen LogP contribution in [-0.4, -0.2) is 59.4 Å². The van der Waals surface area contributed by atoms with Crippen molar-refractivity contribution < 1.29 is 10.2 Å². The topological polar surface area (TPSA) is 59.8 Å².